The van der Waals surface area contributed by atoms with Gasteiger partial charge in [0, 0.05) is 40.9 Å². The molecule has 274 valence electrons. The minimum atomic E-state index is -1.00. The van der Waals surface area contributed by atoms with E-state index in [0.717, 1.165) is 23.8 Å². The molecule has 2 aliphatic heterocycles. The first-order chi connectivity index (χ1) is 25.8. The van der Waals surface area contributed by atoms with Crippen LogP contribution in [0.2, 0.25) is 0 Å². The van der Waals surface area contributed by atoms with E-state index in [-0.39, 0.29) is 28.7 Å². The van der Waals surface area contributed by atoms with Gasteiger partial charge in [0.25, 0.3) is 0 Å². The number of carbonyl (C=O) groups excluding carboxylic acids is 1. The zero-order valence-electron chi connectivity index (χ0n) is 32.1. The monoisotopic (exact) mass is 715 g/mol. The Bertz CT molecular complexity index is 2390. The van der Waals surface area contributed by atoms with Crippen LogP contribution in [0, 0.1) is 12.0 Å². The van der Waals surface area contributed by atoms with Crippen LogP contribution in [-0.2, 0) is 15.6 Å². The van der Waals surface area contributed by atoms with E-state index in [4.69, 9.17) is 0 Å². The topological polar surface area (TPSA) is 72.7 Å². The normalized spacial score (nSPS) is 16.9. The Morgan fingerprint density at radius 3 is 2.13 bits per heavy atom. The summed E-state index contributed by atoms with van der Waals surface area (Å²) in [6.07, 6.45) is 9.51. The second kappa shape index (κ2) is 14.2. The van der Waals surface area contributed by atoms with Gasteiger partial charge in [-0.3, -0.25) is 9.37 Å². The van der Waals surface area contributed by atoms with Crippen molar-refractivity contribution < 1.29 is 19.3 Å². The SMILES string of the molecule is C=[N+]1c2ccc3ccccc3c2C(C)(C)[C-]1C=CC(=CC=C1N(CC(C)C)c2ccc3ccccc3c2C1(C)C)CCC(=O)Nc1ccc(C(=O)O)cc1. The molecule has 0 aromatic heterocycles. The third-order valence-electron chi connectivity index (χ3n) is 11.0. The van der Waals surface area contributed by atoms with Gasteiger partial charge in [-0.1, -0.05) is 120 Å². The smallest absolute Gasteiger partial charge is 0.335 e. The Morgan fingerprint density at radius 2 is 1.48 bits per heavy atom. The Morgan fingerprint density at radius 1 is 0.852 bits per heavy atom. The maximum Gasteiger partial charge on any atom is 0.335 e. The molecule has 2 heterocycles. The lowest BCUT2D eigenvalue weighted by Gasteiger charge is -2.28. The summed E-state index contributed by atoms with van der Waals surface area (Å²) in [5.41, 5.74) is 7.36. The highest BCUT2D eigenvalue weighted by Gasteiger charge is 2.44. The first-order valence-electron chi connectivity index (χ1n) is 18.8. The van der Waals surface area contributed by atoms with Crippen molar-refractivity contribution in [2.45, 2.75) is 65.2 Å². The van der Waals surface area contributed by atoms with Gasteiger partial charge < -0.3 is 15.3 Å². The predicted octanol–water partition coefficient (Wildman–Crippen LogP) is 11.1. The van der Waals surface area contributed by atoms with E-state index in [1.807, 2.05) is 4.58 Å². The van der Waals surface area contributed by atoms with E-state index in [9.17, 15) is 14.7 Å². The van der Waals surface area contributed by atoms with E-state index in [1.54, 1.807) is 12.1 Å². The number of amides is 1. The molecule has 0 bridgehead atoms. The summed E-state index contributed by atoms with van der Waals surface area (Å²) >= 11 is 0. The molecule has 0 saturated heterocycles. The number of nitrogens with zero attached hydrogens (tertiary/aromatic N) is 2. The molecule has 5 aromatic carbocycles. The average Bonchev–Trinajstić information content (AvgIpc) is 3.48. The molecule has 0 radical (unpaired) electrons. The first-order valence-corrected chi connectivity index (χ1v) is 18.8. The molecule has 1 amide bonds. The summed E-state index contributed by atoms with van der Waals surface area (Å²) in [4.78, 5) is 27.1. The molecule has 7 rings (SSSR count). The number of hydrogen-bond acceptors (Lipinski definition) is 3. The molecule has 6 nitrogen and oxygen atoms in total. The third kappa shape index (κ3) is 6.62. The molecule has 2 N–H and O–H groups in total. The maximum absolute atomic E-state index is 13.3. The number of hydrogen-bond donors (Lipinski definition) is 2. The van der Waals surface area contributed by atoms with Crippen LogP contribution in [0.25, 0.3) is 21.5 Å². The number of rotatable bonds is 10. The average molecular weight is 716 g/mol. The van der Waals surface area contributed by atoms with Crippen molar-refractivity contribution in [1.82, 2.24) is 0 Å². The van der Waals surface area contributed by atoms with Gasteiger partial charge in [-0.2, -0.15) is 0 Å². The molecule has 0 unspecified atom stereocenters. The van der Waals surface area contributed by atoms with Crippen LogP contribution in [0.15, 0.2) is 133 Å². The summed E-state index contributed by atoms with van der Waals surface area (Å²) in [7, 11) is 0. The Labute approximate surface area is 318 Å². The van der Waals surface area contributed by atoms with Crippen molar-refractivity contribution in [3.8, 4) is 0 Å². The van der Waals surface area contributed by atoms with E-state index < -0.39 is 5.97 Å². The number of carbonyl (C=O) groups is 2. The fourth-order valence-electron chi connectivity index (χ4n) is 8.40. The third-order valence-corrected chi connectivity index (χ3v) is 11.0. The van der Waals surface area contributed by atoms with Crippen molar-refractivity contribution in [3.05, 3.63) is 155 Å². The molecule has 0 atom stereocenters. The molecule has 0 spiro atoms. The minimum absolute atomic E-state index is 0.141. The highest BCUT2D eigenvalue weighted by molar-refractivity contribution is 5.95. The molecular weight excluding hydrogens is 667 g/mol. The van der Waals surface area contributed by atoms with Gasteiger partial charge >= 0.3 is 5.97 Å². The van der Waals surface area contributed by atoms with Crippen LogP contribution in [0.1, 0.15) is 75.9 Å². The fourth-order valence-corrected chi connectivity index (χ4v) is 8.40. The van der Waals surface area contributed by atoms with Crippen LogP contribution >= 0.6 is 0 Å². The standard InChI is InChI=1S/C48H49N3O3/c1-31(2)30-51-40-26-22-34-13-9-11-15-38(34)45(40)48(5,6)42(51)28-17-32(18-29-43(52)49-36-23-19-35(20-24-36)46(53)54)16-27-41-47(3,4)44-37-14-10-8-12-33(37)21-25-39(44)50(41)7/h8-17,19-28,31H,7,18,29-30H2,1-6H3,(H,49,52)(H,53,54). The van der Waals surface area contributed by atoms with Crippen LogP contribution in [0.5, 0.6) is 0 Å². The molecule has 2 aliphatic rings. The van der Waals surface area contributed by atoms with E-state index in [2.05, 4.69) is 156 Å². The molecule has 0 aliphatic carbocycles. The minimum Gasteiger partial charge on any atom is -0.478 e. The summed E-state index contributed by atoms with van der Waals surface area (Å²) in [6, 6.07) is 33.3. The van der Waals surface area contributed by atoms with Gasteiger partial charge in [0.2, 0.25) is 5.91 Å². The largest absolute Gasteiger partial charge is 0.478 e. The van der Waals surface area contributed by atoms with Crippen LogP contribution in [-0.4, -0.2) is 34.8 Å². The molecule has 6 heteroatoms. The quantitative estimate of drug-likeness (QED) is 0.0858. The lowest BCUT2D eigenvalue weighted by Crippen LogP contribution is -2.29. The summed E-state index contributed by atoms with van der Waals surface area (Å²) in [6.45, 7) is 19.0. The first kappa shape index (κ1) is 36.5. The number of carboxylic acid groups (broad SMARTS) is 1. The summed E-state index contributed by atoms with van der Waals surface area (Å²) in [5, 5.41) is 17.2. The van der Waals surface area contributed by atoms with Crippen molar-refractivity contribution >= 4 is 57.2 Å². The molecule has 0 fully saturated rings. The van der Waals surface area contributed by atoms with Gasteiger partial charge in [0.15, 0.2) is 0 Å². The maximum atomic E-state index is 13.3. The van der Waals surface area contributed by atoms with Crippen molar-refractivity contribution in [2.75, 3.05) is 16.8 Å². The Hall–Kier alpha value is -5.88. The van der Waals surface area contributed by atoms with Crippen molar-refractivity contribution in [3.63, 3.8) is 0 Å². The Kier molecular flexibility index (Phi) is 9.57. The lowest BCUT2D eigenvalue weighted by molar-refractivity contribution is -0.405. The zero-order valence-corrected chi connectivity index (χ0v) is 32.1. The van der Waals surface area contributed by atoms with Crippen LogP contribution < -0.4 is 10.2 Å². The zero-order chi connectivity index (χ0) is 38.4. The predicted molar refractivity (Wildman–Crippen MR) is 223 cm³/mol. The highest BCUT2D eigenvalue weighted by atomic mass is 16.4. The molecule has 54 heavy (non-hydrogen) atoms. The Balaban J connectivity index is 1.25. The second-order valence-corrected chi connectivity index (χ2v) is 16.0. The number of aromatic carboxylic acids is 1. The number of carboxylic acids is 1. The van der Waals surface area contributed by atoms with Crippen molar-refractivity contribution in [2.24, 2.45) is 5.92 Å². The number of nitrogens with one attached hydrogen (secondary N) is 1. The van der Waals surface area contributed by atoms with E-state index in [0.29, 0.717) is 18.0 Å². The van der Waals surface area contributed by atoms with Crippen LogP contribution in [0.3, 0.4) is 0 Å². The van der Waals surface area contributed by atoms with E-state index >= 15 is 0 Å². The summed E-state index contributed by atoms with van der Waals surface area (Å²) < 4.78 is 2.05. The van der Waals surface area contributed by atoms with Gasteiger partial charge in [-0.05, 0) is 87.5 Å². The number of fused-ring (bicyclic) bond motifs is 6. The number of allylic oxidation sites excluding steroid dienone is 5. The van der Waals surface area contributed by atoms with E-state index in [1.165, 1.54) is 56.2 Å². The number of anilines is 2. The van der Waals surface area contributed by atoms with Gasteiger partial charge in [0.05, 0.1) is 12.3 Å². The fraction of sp³-hybridized carbons (Fsp3) is 0.250. The van der Waals surface area contributed by atoms with Gasteiger partial charge in [0.1, 0.15) is 11.7 Å². The molecule has 0 saturated carbocycles. The molecule has 5 aromatic rings. The van der Waals surface area contributed by atoms with Crippen LogP contribution in [0.4, 0.5) is 17.1 Å². The van der Waals surface area contributed by atoms with Crippen molar-refractivity contribution in [1.29, 1.82) is 0 Å². The second-order valence-electron chi connectivity index (χ2n) is 16.0. The lowest BCUT2D eigenvalue weighted by atomic mass is 9.78. The molecular formula is C48H49N3O3. The number of benzene rings is 5. The summed E-state index contributed by atoms with van der Waals surface area (Å²) in [5.74, 6) is -0.698. The van der Waals surface area contributed by atoms with Gasteiger partial charge in [-0.15, -0.1) is 6.08 Å². The van der Waals surface area contributed by atoms with Gasteiger partial charge in [-0.25, -0.2) is 4.79 Å². The highest BCUT2D eigenvalue weighted by Crippen LogP contribution is 2.52.